The fraction of sp³-hybridized carbons (Fsp3) is 0.0909. The molecule has 0 fully saturated rings. The number of hydrogen-bond acceptors (Lipinski definition) is 4. The van der Waals surface area contributed by atoms with Crippen LogP contribution in [0.2, 0.25) is 0 Å². The summed E-state index contributed by atoms with van der Waals surface area (Å²) in [6, 6.07) is 18.9. The van der Waals surface area contributed by atoms with E-state index in [2.05, 4.69) is 10.6 Å². The number of ether oxygens (including phenoxy) is 2. The minimum Gasteiger partial charge on any atom is -0.493 e. The van der Waals surface area contributed by atoms with Crippen LogP contribution in [0.4, 0.5) is 15.8 Å². The van der Waals surface area contributed by atoms with E-state index in [0.717, 1.165) is 0 Å². The summed E-state index contributed by atoms with van der Waals surface area (Å²) in [6.07, 6.45) is 0. The molecule has 6 nitrogen and oxygen atoms in total. The Morgan fingerprint density at radius 3 is 2.31 bits per heavy atom. The van der Waals surface area contributed by atoms with Gasteiger partial charge in [0, 0.05) is 16.9 Å². The summed E-state index contributed by atoms with van der Waals surface area (Å²) in [5, 5.41) is 5.35. The van der Waals surface area contributed by atoms with Crippen LogP contribution in [0, 0.1) is 5.82 Å². The molecule has 0 unspecified atom stereocenters. The van der Waals surface area contributed by atoms with E-state index in [1.165, 1.54) is 31.4 Å². The molecule has 0 heterocycles. The number of methoxy groups -OCH3 is 1. The summed E-state index contributed by atoms with van der Waals surface area (Å²) in [7, 11) is 1.52. The Kier molecular flexibility index (Phi) is 6.42. The van der Waals surface area contributed by atoms with Gasteiger partial charge in [0.15, 0.2) is 18.1 Å². The fourth-order valence-electron chi connectivity index (χ4n) is 2.55. The van der Waals surface area contributed by atoms with E-state index in [9.17, 15) is 14.0 Å². The van der Waals surface area contributed by atoms with Crippen LogP contribution in [0.1, 0.15) is 10.4 Å². The molecule has 3 aromatic carbocycles. The highest BCUT2D eigenvalue weighted by molar-refractivity contribution is 6.05. The molecule has 3 aromatic rings. The maximum Gasteiger partial charge on any atom is 0.262 e. The van der Waals surface area contributed by atoms with Crippen molar-refractivity contribution in [3.05, 3.63) is 84.2 Å². The first kappa shape index (κ1) is 19.9. The number of rotatable bonds is 7. The quantitative estimate of drug-likeness (QED) is 0.632. The molecule has 0 spiro atoms. The van der Waals surface area contributed by atoms with Gasteiger partial charge in [-0.1, -0.05) is 18.2 Å². The molecular weight excluding hydrogens is 375 g/mol. The second-order valence-electron chi connectivity index (χ2n) is 6.03. The lowest BCUT2D eigenvalue weighted by Gasteiger charge is -2.11. The zero-order chi connectivity index (χ0) is 20.6. The van der Waals surface area contributed by atoms with Gasteiger partial charge in [0.25, 0.3) is 11.8 Å². The van der Waals surface area contributed by atoms with Crippen molar-refractivity contribution < 1.29 is 23.5 Å². The average Bonchev–Trinajstić information content (AvgIpc) is 2.74. The maximum atomic E-state index is 13.0. The zero-order valence-corrected chi connectivity index (χ0v) is 15.6. The summed E-state index contributed by atoms with van der Waals surface area (Å²) in [4.78, 5) is 24.5. The molecule has 0 aliphatic heterocycles. The van der Waals surface area contributed by atoms with Gasteiger partial charge in [-0.15, -0.1) is 0 Å². The largest absolute Gasteiger partial charge is 0.493 e. The molecule has 148 valence electrons. The van der Waals surface area contributed by atoms with Crippen molar-refractivity contribution in [3.8, 4) is 11.5 Å². The number of carbonyl (C=O) groups is 2. The molecule has 0 aliphatic carbocycles. The van der Waals surface area contributed by atoms with E-state index in [1.807, 2.05) is 0 Å². The minimum atomic E-state index is -0.386. The zero-order valence-electron chi connectivity index (χ0n) is 15.6. The van der Waals surface area contributed by atoms with Gasteiger partial charge < -0.3 is 20.1 Å². The van der Waals surface area contributed by atoms with Crippen molar-refractivity contribution in [2.45, 2.75) is 0 Å². The van der Waals surface area contributed by atoms with Crippen LogP contribution in [0.25, 0.3) is 0 Å². The summed E-state index contributed by atoms with van der Waals surface area (Å²) >= 11 is 0. The molecular formula is C22H19FN2O4. The first-order valence-electron chi connectivity index (χ1n) is 8.78. The van der Waals surface area contributed by atoms with Crippen LogP contribution in [0.3, 0.4) is 0 Å². The highest BCUT2D eigenvalue weighted by Gasteiger charge is 2.10. The van der Waals surface area contributed by atoms with Gasteiger partial charge in [0.2, 0.25) is 0 Å². The topological polar surface area (TPSA) is 76.7 Å². The highest BCUT2D eigenvalue weighted by atomic mass is 19.1. The molecule has 0 aromatic heterocycles. The van der Waals surface area contributed by atoms with Gasteiger partial charge in [0.1, 0.15) is 5.82 Å². The summed E-state index contributed by atoms with van der Waals surface area (Å²) < 4.78 is 23.6. The Bertz CT molecular complexity index is 1010. The van der Waals surface area contributed by atoms with Gasteiger partial charge in [-0.3, -0.25) is 9.59 Å². The van der Waals surface area contributed by atoms with Crippen molar-refractivity contribution in [3.63, 3.8) is 0 Å². The first-order valence-corrected chi connectivity index (χ1v) is 8.78. The van der Waals surface area contributed by atoms with Crippen LogP contribution < -0.4 is 20.1 Å². The van der Waals surface area contributed by atoms with E-state index in [0.29, 0.717) is 28.4 Å². The fourth-order valence-corrected chi connectivity index (χ4v) is 2.55. The minimum absolute atomic E-state index is 0.216. The van der Waals surface area contributed by atoms with Crippen LogP contribution in [-0.2, 0) is 4.79 Å². The molecule has 0 saturated carbocycles. The molecule has 7 heteroatoms. The average molecular weight is 394 g/mol. The molecule has 0 bridgehead atoms. The smallest absolute Gasteiger partial charge is 0.262 e. The number of halogens is 1. The molecule has 0 aliphatic rings. The Morgan fingerprint density at radius 2 is 1.59 bits per heavy atom. The molecule has 3 rings (SSSR count). The lowest BCUT2D eigenvalue weighted by Crippen LogP contribution is -2.20. The first-order chi connectivity index (χ1) is 14.0. The Labute approximate surface area is 167 Å². The van der Waals surface area contributed by atoms with Crippen LogP contribution in [0.5, 0.6) is 11.5 Å². The lowest BCUT2D eigenvalue weighted by molar-refractivity contribution is -0.118. The van der Waals surface area contributed by atoms with E-state index in [-0.39, 0.29) is 24.2 Å². The summed E-state index contributed by atoms with van der Waals surface area (Å²) in [6.45, 7) is -0.216. The van der Waals surface area contributed by atoms with Crippen LogP contribution >= 0.6 is 0 Å². The van der Waals surface area contributed by atoms with Crippen molar-refractivity contribution in [2.75, 3.05) is 24.4 Å². The van der Waals surface area contributed by atoms with E-state index in [4.69, 9.17) is 9.47 Å². The standard InChI is InChI=1S/C22H19FN2O4/c1-28-19-7-2-3-8-20(19)29-14-21(26)24-18-6-4-5-15(13-18)22(27)25-17-11-9-16(23)10-12-17/h2-13H,14H2,1H3,(H,24,26)(H,25,27). The monoisotopic (exact) mass is 394 g/mol. The SMILES string of the molecule is COc1ccccc1OCC(=O)Nc1cccc(C(=O)Nc2ccc(F)cc2)c1. The number of carbonyl (C=O) groups excluding carboxylic acids is 2. The Balaban J connectivity index is 1.59. The highest BCUT2D eigenvalue weighted by Crippen LogP contribution is 2.25. The van der Waals surface area contributed by atoms with E-state index >= 15 is 0 Å². The third kappa shape index (κ3) is 5.55. The Morgan fingerprint density at radius 1 is 0.862 bits per heavy atom. The van der Waals surface area contributed by atoms with E-state index < -0.39 is 0 Å². The normalized spacial score (nSPS) is 10.1. The second kappa shape index (κ2) is 9.36. The van der Waals surface area contributed by atoms with Gasteiger partial charge >= 0.3 is 0 Å². The summed E-state index contributed by atoms with van der Waals surface area (Å²) in [5.74, 6) is -0.162. The molecule has 29 heavy (non-hydrogen) atoms. The third-order valence-corrected chi connectivity index (χ3v) is 3.94. The van der Waals surface area contributed by atoms with Crippen LogP contribution in [0.15, 0.2) is 72.8 Å². The third-order valence-electron chi connectivity index (χ3n) is 3.94. The number of amides is 2. The summed E-state index contributed by atoms with van der Waals surface area (Å²) in [5.41, 5.74) is 1.26. The van der Waals surface area contributed by atoms with Gasteiger partial charge in [-0.25, -0.2) is 4.39 Å². The molecule has 0 saturated heterocycles. The van der Waals surface area contributed by atoms with Crippen molar-refractivity contribution in [2.24, 2.45) is 0 Å². The number of para-hydroxylation sites is 2. The predicted octanol–water partition coefficient (Wildman–Crippen LogP) is 4.10. The second-order valence-corrected chi connectivity index (χ2v) is 6.03. The van der Waals surface area contributed by atoms with Crippen molar-refractivity contribution >= 4 is 23.2 Å². The van der Waals surface area contributed by atoms with Gasteiger partial charge in [0.05, 0.1) is 7.11 Å². The predicted molar refractivity (Wildman–Crippen MR) is 108 cm³/mol. The van der Waals surface area contributed by atoms with Crippen molar-refractivity contribution in [1.29, 1.82) is 0 Å². The Hall–Kier alpha value is -3.87. The number of anilines is 2. The molecule has 2 N–H and O–H groups in total. The number of hydrogen-bond donors (Lipinski definition) is 2. The van der Waals surface area contributed by atoms with Gasteiger partial charge in [-0.2, -0.15) is 0 Å². The van der Waals surface area contributed by atoms with Crippen LogP contribution in [-0.4, -0.2) is 25.5 Å². The number of nitrogens with one attached hydrogen (secondary N) is 2. The van der Waals surface area contributed by atoms with Crippen molar-refractivity contribution in [1.82, 2.24) is 0 Å². The molecule has 2 amide bonds. The van der Waals surface area contributed by atoms with Gasteiger partial charge in [-0.05, 0) is 54.6 Å². The maximum absolute atomic E-state index is 13.0. The number of benzene rings is 3. The lowest BCUT2D eigenvalue weighted by atomic mass is 10.2. The van der Waals surface area contributed by atoms with E-state index in [1.54, 1.807) is 48.5 Å². The molecule has 0 atom stereocenters. The molecule has 0 radical (unpaired) electrons.